The molecule has 2 unspecified atom stereocenters. The van der Waals surface area contributed by atoms with Gasteiger partial charge in [-0.2, -0.15) is 5.26 Å². The van der Waals surface area contributed by atoms with Gasteiger partial charge in [-0.3, -0.25) is 0 Å². The van der Waals surface area contributed by atoms with Gasteiger partial charge in [-0.1, -0.05) is 19.9 Å². The van der Waals surface area contributed by atoms with Crippen LogP contribution in [0.15, 0.2) is 18.2 Å². The Balaban J connectivity index is 2.17. The summed E-state index contributed by atoms with van der Waals surface area (Å²) in [4.78, 5) is 2.41. The third kappa shape index (κ3) is 3.98. The number of nitrogens with zero attached hydrogens (tertiary/aromatic N) is 2. The van der Waals surface area contributed by atoms with Crippen LogP contribution >= 0.6 is 0 Å². The summed E-state index contributed by atoms with van der Waals surface area (Å²) in [5.41, 5.74) is 3.11. The number of hydrogen-bond donors (Lipinski definition) is 1. The summed E-state index contributed by atoms with van der Waals surface area (Å²) < 4.78 is 0. The third-order valence-corrected chi connectivity index (χ3v) is 4.36. The van der Waals surface area contributed by atoms with Crippen molar-refractivity contribution in [3.63, 3.8) is 0 Å². The molecule has 1 N–H and O–H groups in total. The molecule has 2 atom stereocenters. The second-order valence-electron chi connectivity index (χ2n) is 6.32. The SMILES string of the molecule is CCCNCc1ccc(N2CC(C)CCC2C)c(C#N)c1. The first kappa shape index (κ1) is 15.9. The van der Waals surface area contributed by atoms with E-state index in [4.69, 9.17) is 0 Å². The summed E-state index contributed by atoms with van der Waals surface area (Å²) in [5.74, 6) is 0.707. The van der Waals surface area contributed by atoms with Crippen molar-refractivity contribution in [2.24, 2.45) is 5.92 Å². The predicted octanol–water partition coefficient (Wildman–Crippen LogP) is 3.68. The molecule has 0 amide bonds. The monoisotopic (exact) mass is 285 g/mol. The largest absolute Gasteiger partial charge is 0.367 e. The van der Waals surface area contributed by atoms with E-state index in [1.165, 1.54) is 18.4 Å². The van der Waals surface area contributed by atoms with E-state index in [9.17, 15) is 5.26 Å². The van der Waals surface area contributed by atoms with E-state index in [-0.39, 0.29) is 0 Å². The Bertz CT molecular complexity index is 504. The van der Waals surface area contributed by atoms with Gasteiger partial charge in [-0.15, -0.1) is 0 Å². The van der Waals surface area contributed by atoms with E-state index in [2.05, 4.69) is 49.2 Å². The summed E-state index contributed by atoms with van der Waals surface area (Å²) in [5, 5.41) is 12.9. The van der Waals surface area contributed by atoms with Gasteiger partial charge >= 0.3 is 0 Å². The van der Waals surface area contributed by atoms with Crippen molar-refractivity contribution >= 4 is 5.69 Å². The topological polar surface area (TPSA) is 39.1 Å². The highest BCUT2D eigenvalue weighted by Gasteiger charge is 2.24. The number of rotatable bonds is 5. The lowest BCUT2D eigenvalue weighted by Crippen LogP contribution is -2.41. The fourth-order valence-corrected chi connectivity index (χ4v) is 3.07. The van der Waals surface area contributed by atoms with Crippen LogP contribution in [0.1, 0.15) is 51.2 Å². The lowest BCUT2D eigenvalue weighted by Gasteiger charge is -2.39. The van der Waals surface area contributed by atoms with Gasteiger partial charge in [0.1, 0.15) is 6.07 Å². The van der Waals surface area contributed by atoms with Gasteiger partial charge in [0.15, 0.2) is 0 Å². The highest BCUT2D eigenvalue weighted by molar-refractivity contribution is 5.61. The molecule has 0 spiro atoms. The van der Waals surface area contributed by atoms with Gasteiger partial charge in [0.05, 0.1) is 11.3 Å². The fourth-order valence-electron chi connectivity index (χ4n) is 3.07. The zero-order valence-corrected chi connectivity index (χ0v) is 13.5. The average molecular weight is 285 g/mol. The van der Waals surface area contributed by atoms with Crippen LogP contribution in [0, 0.1) is 17.2 Å². The number of hydrogen-bond acceptors (Lipinski definition) is 3. The van der Waals surface area contributed by atoms with Crippen LogP contribution in [0.2, 0.25) is 0 Å². The Morgan fingerprint density at radius 3 is 2.86 bits per heavy atom. The van der Waals surface area contributed by atoms with Crippen molar-refractivity contribution in [1.29, 1.82) is 5.26 Å². The molecular formula is C18H27N3. The molecule has 1 aliphatic rings. The van der Waals surface area contributed by atoms with Crippen molar-refractivity contribution in [2.45, 2.75) is 52.6 Å². The molecule has 1 aromatic carbocycles. The molecule has 1 heterocycles. The summed E-state index contributed by atoms with van der Waals surface area (Å²) in [6, 6.07) is 9.25. The molecule has 0 bridgehead atoms. The molecule has 2 rings (SSSR count). The van der Waals surface area contributed by atoms with Gasteiger partial charge in [-0.05, 0) is 56.3 Å². The number of benzene rings is 1. The maximum atomic E-state index is 9.50. The molecule has 0 saturated carbocycles. The van der Waals surface area contributed by atoms with Gasteiger partial charge in [0.25, 0.3) is 0 Å². The molecule has 0 aromatic heterocycles. The lowest BCUT2D eigenvalue weighted by atomic mass is 9.93. The zero-order valence-electron chi connectivity index (χ0n) is 13.5. The lowest BCUT2D eigenvalue weighted by molar-refractivity contribution is 0.390. The maximum Gasteiger partial charge on any atom is 0.101 e. The van der Waals surface area contributed by atoms with Gasteiger partial charge in [-0.25, -0.2) is 0 Å². The van der Waals surface area contributed by atoms with Gasteiger partial charge < -0.3 is 10.2 Å². The smallest absolute Gasteiger partial charge is 0.101 e. The summed E-state index contributed by atoms with van der Waals surface area (Å²) in [6.07, 6.45) is 3.64. The van der Waals surface area contributed by atoms with Crippen LogP contribution in [0.3, 0.4) is 0 Å². The molecule has 0 aliphatic carbocycles. The second kappa shape index (κ2) is 7.47. The molecule has 0 radical (unpaired) electrons. The Kier molecular flexibility index (Phi) is 5.64. The van der Waals surface area contributed by atoms with Gasteiger partial charge in [0.2, 0.25) is 0 Å². The van der Waals surface area contributed by atoms with Crippen molar-refractivity contribution in [3.05, 3.63) is 29.3 Å². The van der Waals surface area contributed by atoms with E-state index in [0.29, 0.717) is 12.0 Å². The van der Waals surface area contributed by atoms with E-state index in [1.54, 1.807) is 0 Å². The van der Waals surface area contributed by atoms with E-state index < -0.39 is 0 Å². The van der Waals surface area contributed by atoms with Crippen LogP contribution < -0.4 is 10.2 Å². The molecule has 1 saturated heterocycles. The number of nitrogens with one attached hydrogen (secondary N) is 1. The Hall–Kier alpha value is -1.53. The quantitative estimate of drug-likeness (QED) is 0.839. The van der Waals surface area contributed by atoms with Crippen molar-refractivity contribution < 1.29 is 0 Å². The molecular weight excluding hydrogens is 258 g/mol. The third-order valence-electron chi connectivity index (χ3n) is 4.36. The molecule has 114 valence electrons. The molecule has 21 heavy (non-hydrogen) atoms. The molecule has 3 heteroatoms. The second-order valence-corrected chi connectivity index (χ2v) is 6.32. The standard InChI is InChI=1S/C18H27N3/c1-4-9-20-12-16-7-8-18(17(10-16)11-19)21-13-14(2)5-6-15(21)3/h7-8,10,14-15,20H,4-6,9,12-13H2,1-3H3. The number of anilines is 1. The molecule has 1 aliphatic heterocycles. The average Bonchev–Trinajstić information content (AvgIpc) is 2.50. The fraction of sp³-hybridized carbons (Fsp3) is 0.611. The summed E-state index contributed by atoms with van der Waals surface area (Å²) in [6.45, 7) is 9.65. The first-order valence-corrected chi connectivity index (χ1v) is 8.16. The minimum absolute atomic E-state index is 0.525. The first-order valence-electron chi connectivity index (χ1n) is 8.16. The summed E-state index contributed by atoms with van der Waals surface area (Å²) >= 11 is 0. The Morgan fingerprint density at radius 2 is 2.14 bits per heavy atom. The minimum atomic E-state index is 0.525. The maximum absolute atomic E-state index is 9.50. The summed E-state index contributed by atoms with van der Waals surface area (Å²) in [7, 11) is 0. The highest BCUT2D eigenvalue weighted by atomic mass is 15.2. The van der Waals surface area contributed by atoms with Crippen LogP contribution in [-0.2, 0) is 6.54 Å². The van der Waals surface area contributed by atoms with Crippen LogP contribution in [0.25, 0.3) is 0 Å². The van der Waals surface area contributed by atoms with Crippen molar-refractivity contribution in [3.8, 4) is 6.07 Å². The van der Waals surface area contributed by atoms with Crippen molar-refractivity contribution in [2.75, 3.05) is 18.0 Å². The molecule has 3 nitrogen and oxygen atoms in total. The zero-order chi connectivity index (χ0) is 15.2. The highest BCUT2D eigenvalue weighted by Crippen LogP contribution is 2.30. The predicted molar refractivity (Wildman–Crippen MR) is 88.4 cm³/mol. The van der Waals surface area contributed by atoms with Crippen LogP contribution in [0.4, 0.5) is 5.69 Å². The number of piperidine rings is 1. The van der Waals surface area contributed by atoms with Gasteiger partial charge in [0, 0.05) is 19.1 Å². The molecule has 1 aromatic rings. The first-order chi connectivity index (χ1) is 10.2. The Labute approximate surface area is 129 Å². The van der Waals surface area contributed by atoms with E-state index in [0.717, 1.165) is 37.3 Å². The van der Waals surface area contributed by atoms with Crippen molar-refractivity contribution in [1.82, 2.24) is 5.32 Å². The van der Waals surface area contributed by atoms with Crippen LogP contribution in [0.5, 0.6) is 0 Å². The number of nitriles is 1. The minimum Gasteiger partial charge on any atom is -0.367 e. The van der Waals surface area contributed by atoms with E-state index in [1.807, 2.05) is 6.07 Å². The molecule has 1 fully saturated rings. The van der Waals surface area contributed by atoms with E-state index >= 15 is 0 Å². The Morgan fingerprint density at radius 1 is 1.33 bits per heavy atom. The van der Waals surface area contributed by atoms with Crippen LogP contribution in [-0.4, -0.2) is 19.1 Å². The normalized spacial score (nSPS) is 22.1.